The van der Waals surface area contributed by atoms with Gasteiger partial charge in [-0.15, -0.1) is 0 Å². The van der Waals surface area contributed by atoms with Crippen LogP contribution in [0.4, 0.5) is 0 Å². The maximum absolute atomic E-state index is 12.3. The molecule has 5 rings (SSSR count). The number of hydrogen-bond acceptors (Lipinski definition) is 4. The highest BCUT2D eigenvalue weighted by Crippen LogP contribution is 2.38. The molecule has 3 aromatic carbocycles. The molecule has 1 aromatic heterocycles. The van der Waals surface area contributed by atoms with Crippen molar-refractivity contribution in [3.8, 4) is 22.3 Å². The summed E-state index contributed by atoms with van der Waals surface area (Å²) in [7, 11) is 0. The Morgan fingerprint density at radius 2 is 1.63 bits per heavy atom. The Bertz CT molecular complexity index is 1280. The van der Waals surface area contributed by atoms with Gasteiger partial charge >= 0.3 is 0 Å². The molecule has 0 aliphatic carbocycles. The van der Waals surface area contributed by atoms with Crippen LogP contribution in [-0.4, -0.2) is 16.8 Å². The number of piperidine rings is 1. The summed E-state index contributed by atoms with van der Waals surface area (Å²) in [6.45, 7) is 0. The maximum atomic E-state index is 12.3. The fourth-order valence-corrected chi connectivity index (χ4v) is 4.35. The Morgan fingerprint density at radius 3 is 2.40 bits per heavy atom. The maximum Gasteiger partial charge on any atom is 0.234 e. The van der Waals surface area contributed by atoms with E-state index in [4.69, 9.17) is 16.0 Å². The third-order valence-electron chi connectivity index (χ3n) is 5.51. The van der Waals surface area contributed by atoms with E-state index in [1.54, 1.807) is 0 Å². The van der Waals surface area contributed by atoms with Crippen LogP contribution in [-0.2, 0) is 9.59 Å². The van der Waals surface area contributed by atoms with E-state index in [1.165, 1.54) is 6.39 Å². The average molecular weight is 417 g/mol. The summed E-state index contributed by atoms with van der Waals surface area (Å²) in [4.78, 5) is 28.1. The molecule has 30 heavy (non-hydrogen) atoms. The molecule has 4 aromatic rings. The van der Waals surface area contributed by atoms with Gasteiger partial charge in [-0.1, -0.05) is 66.2 Å². The highest BCUT2D eigenvalue weighted by molar-refractivity contribution is 6.34. The Kier molecular flexibility index (Phi) is 4.60. The number of carbonyl (C=O) groups excluding carboxylic acids is 2. The molecular formula is C24H17ClN2O3. The summed E-state index contributed by atoms with van der Waals surface area (Å²) in [6.07, 6.45) is 2.23. The van der Waals surface area contributed by atoms with E-state index in [-0.39, 0.29) is 11.8 Å². The van der Waals surface area contributed by atoms with Crippen molar-refractivity contribution in [2.75, 3.05) is 0 Å². The van der Waals surface area contributed by atoms with Gasteiger partial charge in [0.25, 0.3) is 0 Å². The number of oxazole rings is 1. The molecule has 0 bridgehead atoms. The quantitative estimate of drug-likeness (QED) is 0.458. The van der Waals surface area contributed by atoms with Gasteiger partial charge < -0.3 is 4.42 Å². The van der Waals surface area contributed by atoms with Crippen LogP contribution in [0.15, 0.2) is 71.5 Å². The molecule has 0 radical (unpaired) electrons. The summed E-state index contributed by atoms with van der Waals surface area (Å²) in [5, 5.41) is 2.94. The predicted molar refractivity (Wildman–Crippen MR) is 115 cm³/mol. The van der Waals surface area contributed by atoms with E-state index in [2.05, 4.69) is 10.3 Å². The smallest absolute Gasteiger partial charge is 0.234 e. The number of amides is 2. The lowest BCUT2D eigenvalue weighted by atomic mass is 9.88. The van der Waals surface area contributed by atoms with Gasteiger partial charge in [-0.3, -0.25) is 14.9 Å². The minimum absolute atomic E-state index is 0.235. The SMILES string of the molecule is O=C1CCC(c2cccc(-c3ccc(-c4cccc5ocnc45)cc3)c2Cl)C(=O)N1. The first-order valence-electron chi connectivity index (χ1n) is 9.67. The van der Waals surface area contributed by atoms with Crippen LogP contribution in [0.1, 0.15) is 24.3 Å². The van der Waals surface area contributed by atoms with E-state index in [0.29, 0.717) is 17.9 Å². The molecule has 1 aliphatic heterocycles. The Morgan fingerprint density at radius 1 is 0.933 bits per heavy atom. The first-order chi connectivity index (χ1) is 14.6. The first-order valence-corrected chi connectivity index (χ1v) is 10.0. The van der Waals surface area contributed by atoms with Crippen molar-refractivity contribution in [2.24, 2.45) is 0 Å². The molecule has 1 N–H and O–H groups in total. The highest BCUT2D eigenvalue weighted by Gasteiger charge is 2.30. The number of fused-ring (bicyclic) bond motifs is 1. The van der Waals surface area contributed by atoms with Crippen molar-refractivity contribution in [2.45, 2.75) is 18.8 Å². The van der Waals surface area contributed by atoms with E-state index in [1.807, 2.05) is 60.7 Å². The summed E-state index contributed by atoms with van der Waals surface area (Å²) in [6, 6.07) is 19.6. The van der Waals surface area contributed by atoms with Gasteiger partial charge in [0.05, 0.1) is 10.9 Å². The monoisotopic (exact) mass is 416 g/mol. The number of nitrogens with one attached hydrogen (secondary N) is 1. The molecule has 2 amide bonds. The highest BCUT2D eigenvalue weighted by atomic mass is 35.5. The molecule has 1 unspecified atom stereocenters. The van der Waals surface area contributed by atoms with Crippen molar-refractivity contribution in [1.29, 1.82) is 0 Å². The Labute approximate surface area is 177 Å². The lowest BCUT2D eigenvalue weighted by Crippen LogP contribution is -2.39. The molecule has 0 saturated carbocycles. The van der Waals surface area contributed by atoms with Crippen LogP contribution < -0.4 is 5.32 Å². The molecular weight excluding hydrogens is 400 g/mol. The normalized spacial score (nSPS) is 16.6. The van der Waals surface area contributed by atoms with Gasteiger partial charge in [0.2, 0.25) is 11.8 Å². The summed E-state index contributed by atoms with van der Waals surface area (Å²) < 4.78 is 5.39. The number of aromatic nitrogens is 1. The second-order valence-electron chi connectivity index (χ2n) is 7.29. The minimum Gasteiger partial charge on any atom is -0.443 e. The Hall–Kier alpha value is -3.44. The van der Waals surface area contributed by atoms with Crippen molar-refractivity contribution >= 4 is 34.5 Å². The van der Waals surface area contributed by atoms with Crippen LogP contribution in [0.5, 0.6) is 0 Å². The van der Waals surface area contributed by atoms with Crippen LogP contribution in [0.3, 0.4) is 0 Å². The van der Waals surface area contributed by atoms with Crippen LogP contribution in [0.2, 0.25) is 5.02 Å². The summed E-state index contributed by atoms with van der Waals surface area (Å²) >= 11 is 6.71. The second-order valence-corrected chi connectivity index (χ2v) is 7.67. The van der Waals surface area contributed by atoms with Crippen molar-refractivity contribution in [1.82, 2.24) is 10.3 Å². The molecule has 1 aliphatic rings. The van der Waals surface area contributed by atoms with Crippen molar-refractivity contribution in [3.05, 3.63) is 77.6 Å². The lowest BCUT2D eigenvalue weighted by molar-refractivity contribution is -0.134. The van der Waals surface area contributed by atoms with Gasteiger partial charge in [-0.2, -0.15) is 0 Å². The van der Waals surface area contributed by atoms with Crippen molar-refractivity contribution < 1.29 is 14.0 Å². The molecule has 148 valence electrons. The zero-order chi connectivity index (χ0) is 20.7. The fraction of sp³-hybridized carbons (Fsp3) is 0.125. The minimum atomic E-state index is -0.417. The number of nitrogens with zero attached hydrogens (tertiary/aromatic N) is 1. The molecule has 1 saturated heterocycles. The number of hydrogen-bond donors (Lipinski definition) is 1. The zero-order valence-electron chi connectivity index (χ0n) is 15.9. The standard InChI is InChI=1S/C24H17ClN2O3/c25-22-16(3-1-5-18(22)19-11-12-21(28)27-24(19)29)14-7-9-15(10-8-14)17-4-2-6-20-23(17)26-13-30-20/h1-10,13,19H,11-12H2,(H,27,28,29). The number of rotatable bonds is 3. The predicted octanol–water partition coefficient (Wildman–Crippen LogP) is 5.34. The van der Waals surface area contributed by atoms with Crippen LogP contribution >= 0.6 is 11.6 Å². The van der Waals surface area contributed by atoms with E-state index in [9.17, 15) is 9.59 Å². The van der Waals surface area contributed by atoms with E-state index < -0.39 is 5.92 Å². The number of halogens is 1. The fourth-order valence-electron chi connectivity index (χ4n) is 3.98. The molecule has 1 atom stereocenters. The van der Waals surface area contributed by atoms with Gasteiger partial charge in [-0.05, 0) is 29.2 Å². The number of carbonyl (C=O) groups is 2. The summed E-state index contributed by atoms with van der Waals surface area (Å²) in [5.74, 6) is -0.943. The van der Waals surface area contributed by atoms with E-state index in [0.717, 1.165) is 38.9 Å². The van der Waals surface area contributed by atoms with Crippen LogP contribution in [0, 0.1) is 0 Å². The number of benzene rings is 3. The van der Waals surface area contributed by atoms with Gasteiger partial charge in [0, 0.05) is 17.5 Å². The molecule has 1 fully saturated rings. The molecule has 2 heterocycles. The third kappa shape index (κ3) is 3.17. The largest absolute Gasteiger partial charge is 0.443 e. The second kappa shape index (κ2) is 7.43. The average Bonchev–Trinajstić information content (AvgIpc) is 3.24. The molecule has 0 spiro atoms. The number of para-hydroxylation sites is 1. The van der Waals surface area contributed by atoms with Gasteiger partial charge in [0.15, 0.2) is 12.0 Å². The third-order valence-corrected chi connectivity index (χ3v) is 5.93. The number of imide groups is 1. The van der Waals surface area contributed by atoms with Crippen LogP contribution in [0.25, 0.3) is 33.4 Å². The van der Waals surface area contributed by atoms with Gasteiger partial charge in [0.1, 0.15) is 5.52 Å². The van der Waals surface area contributed by atoms with Crippen molar-refractivity contribution in [3.63, 3.8) is 0 Å². The lowest BCUT2D eigenvalue weighted by Gasteiger charge is -2.23. The molecule has 6 heteroatoms. The Balaban J connectivity index is 1.50. The topological polar surface area (TPSA) is 72.2 Å². The zero-order valence-corrected chi connectivity index (χ0v) is 16.6. The van der Waals surface area contributed by atoms with E-state index >= 15 is 0 Å². The molecule has 5 nitrogen and oxygen atoms in total. The summed E-state index contributed by atoms with van der Waals surface area (Å²) in [5.41, 5.74) is 6.14. The van der Waals surface area contributed by atoms with Gasteiger partial charge in [-0.25, -0.2) is 4.98 Å². The first kappa shape index (κ1) is 18.6.